The molecular weight excluding hydrogens is 550 g/mol. The number of hydrogen-bond acceptors (Lipinski definition) is 12. The van der Waals surface area contributed by atoms with Gasteiger partial charge in [-0.2, -0.15) is 5.06 Å². The molecule has 1 fully saturated rings. The highest BCUT2D eigenvalue weighted by Crippen LogP contribution is 2.54. The van der Waals surface area contributed by atoms with Crippen LogP contribution >= 0.6 is 0 Å². The second-order valence-electron chi connectivity index (χ2n) is 11.7. The number of likely N-dealkylation sites (N-methyl/N-ethyl adjacent to an activating group) is 1. The van der Waals surface area contributed by atoms with Gasteiger partial charge in [-0.05, 0) is 58.3 Å². The topological polar surface area (TPSA) is 217 Å². The minimum atomic E-state index is -2.75. The van der Waals surface area contributed by atoms with E-state index in [1.165, 1.54) is 25.1 Å². The molecule has 0 spiro atoms. The number of aliphatic hydroxyl groups excluding tert-OH is 2. The van der Waals surface area contributed by atoms with E-state index in [1.54, 1.807) is 32.8 Å². The SMILES string of the molecule is CC(C)N(O)CC(=O)Nc1cc(N(C)C)c2c(c1O)C(O)=C1C(=O)[C@]3(O)C(O)=C(C(N)=O)C(=O)[C@@H](N(C)C)C3CC1C2. The van der Waals surface area contributed by atoms with Crippen molar-refractivity contribution in [3.05, 3.63) is 34.1 Å². The second-order valence-corrected chi connectivity index (χ2v) is 11.7. The molecular formula is C28H37N5O9. The van der Waals surface area contributed by atoms with E-state index in [9.17, 15) is 44.8 Å². The van der Waals surface area contributed by atoms with Crippen molar-refractivity contribution < 1.29 is 44.8 Å². The average molecular weight is 588 g/mol. The van der Waals surface area contributed by atoms with Crippen LogP contribution in [-0.2, 0) is 25.6 Å². The first-order valence-electron chi connectivity index (χ1n) is 13.4. The van der Waals surface area contributed by atoms with Crippen LogP contribution in [0.4, 0.5) is 11.4 Å². The molecule has 0 bridgehead atoms. The maximum absolute atomic E-state index is 14.0. The summed E-state index contributed by atoms with van der Waals surface area (Å²) >= 11 is 0. The number of hydroxylamine groups is 2. The number of rotatable bonds is 7. The summed E-state index contributed by atoms with van der Waals surface area (Å²) in [6.07, 6.45) is 0.0566. The Morgan fingerprint density at radius 3 is 2.29 bits per heavy atom. The Bertz CT molecular complexity index is 1450. The fraction of sp³-hybridized carbons (Fsp3) is 0.500. The average Bonchev–Trinajstić information content (AvgIpc) is 2.87. The summed E-state index contributed by atoms with van der Waals surface area (Å²) in [5.74, 6) is -8.24. The fourth-order valence-electron chi connectivity index (χ4n) is 6.31. The number of primary amides is 1. The van der Waals surface area contributed by atoms with Crippen molar-refractivity contribution in [1.29, 1.82) is 0 Å². The molecule has 42 heavy (non-hydrogen) atoms. The molecule has 1 saturated carbocycles. The van der Waals surface area contributed by atoms with Crippen molar-refractivity contribution in [2.24, 2.45) is 17.6 Å². The van der Waals surface area contributed by atoms with Crippen LogP contribution in [0.5, 0.6) is 5.75 Å². The number of amides is 2. The minimum absolute atomic E-state index is 0.0422. The molecule has 4 rings (SSSR count). The second kappa shape index (κ2) is 10.7. The summed E-state index contributed by atoms with van der Waals surface area (Å²) in [5, 5.41) is 58.8. The lowest BCUT2D eigenvalue weighted by Crippen LogP contribution is -2.65. The Kier molecular flexibility index (Phi) is 7.88. The van der Waals surface area contributed by atoms with Gasteiger partial charge in [0.15, 0.2) is 11.4 Å². The van der Waals surface area contributed by atoms with Crippen molar-refractivity contribution in [3.63, 3.8) is 0 Å². The zero-order chi connectivity index (χ0) is 31.6. The molecule has 8 N–H and O–H groups in total. The zero-order valence-electron chi connectivity index (χ0n) is 24.3. The molecule has 0 saturated heterocycles. The number of benzene rings is 1. The van der Waals surface area contributed by atoms with E-state index in [-0.39, 0.29) is 35.7 Å². The van der Waals surface area contributed by atoms with Crippen molar-refractivity contribution in [2.75, 3.05) is 45.0 Å². The first-order valence-corrected chi connectivity index (χ1v) is 13.4. The van der Waals surface area contributed by atoms with Crippen LogP contribution in [0.3, 0.4) is 0 Å². The van der Waals surface area contributed by atoms with Gasteiger partial charge in [-0.3, -0.25) is 24.1 Å². The van der Waals surface area contributed by atoms with Gasteiger partial charge in [-0.15, -0.1) is 0 Å². The third-order valence-corrected chi connectivity index (χ3v) is 8.35. The molecule has 0 aromatic heterocycles. The highest BCUT2D eigenvalue weighted by molar-refractivity contribution is 6.24. The zero-order valence-corrected chi connectivity index (χ0v) is 24.3. The van der Waals surface area contributed by atoms with Crippen LogP contribution in [-0.4, -0.2) is 111 Å². The number of aliphatic hydroxyl groups is 3. The van der Waals surface area contributed by atoms with Crippen LogP contribution in [0, 0.1) is 11.8 Å². The number of aromatic hydroxyl groups is 1. The minimum Gasteiger partial charge on any atom is -0.508 e. The molecule has 1 aromatic rings. The molecule has 2 unspecified atom stereocenters. The Labute approximate surface area is 242 Å². The monoisotopic (exact) mass is 587 g/mol. The van der Waals surface area contributed by atoms with Crippen LogP contribution in [0.2, 0.25) is 0 Å². The molecule has 0 radical (unpaired) electrons. The molecule has 4 atom stereocenters. The lowest BCUT2D eigenvalue weighted by molar-refractivity contribution is -0.153. The molecule has 228 valence electrons. The maximum atomic E-state index is 14.0. The summed E-state index contributed by atoms with van der Waals surface area (Å²) in [6.45, 7) is 2.94. The number of hydrogen-bond donors (Lipinski definition) is 7. The van der Waals surface area contributed by atoms with Gasteiger partial charge in [0.05, 0.1) is 17.3 Å². The van der Waals surface area contributed by atoms with Gasteiger partial charge in [0.2, 0.25) is 11.7 Å². The molecule has 14 nitrogen and oxygen atoms in total. The van der Waals surface area contributed by atoms with E-state index in [0.29, 0.717) is 11.3 Å². The van der Waals surface area contributed by atoms with E-state index < -0.39 is 76.2 Å². The number of carbonyl (C=O) groups excluding carboxylic acids is 4. The molecule has 0 aliphatic heterocycles. The van der Waals surface area contributed by atoms with E-state index in [0.717, 1.165) is 5.06 Å². The summed E-state index contributed by atoms with van der Waals surface area (Å²) in [4.78, 5) is 55.2. The first-order chi connectivity index (χ1) is 19.4. The van der Waals surface area contributed by atoms with Gasteiger partial charge in [0, 0.05) is 37.3 Å². The number of ketones is 2. The van der Waals surface area contributed by atoms with E-state index in [2.05, 4.69) is 5.32 Å². The fourth-order valence-corrected chi connectivity index (χ4v) is 6.31. The lowest BCUT2D eigenvalue weighted by Gasteiger charge is -2.50. The van der Waals surface area contributed by atoms with Gasteiger partial charge in [-0.1, -0.05) is 0 Å². The van der Waals surface area contributed by atoms with Crippen molar-refractivity contribution in [1.82, 2.24) is 9.96 Å². The predicted octanol–water partition coefficient (Wildman–Crippen LogP) is 0.0681. The van der Waals surface area contributed by atoms with Crippen LogP contribution in [0.1, 0.15) is 31.4 Å². The summed E-state index contributed by atoms with van der Waals surface area (Å²) in [6, 6.07) is -0.0349. The van der Waals surface area contributed by atoms with Gasteiger partial charge < -0.3 is 41.6 Å². The first kappa shape index (κ1) is 31.0. The third-order valence-electron chi connectivity index (χ3n) is 8.35. The number of phenols is 1. The van der Waals surface area contributed by atoms with Crippen molar-refractivity contribution in [2.45, 2.75) is 44.4 Å². The quantitative estimate of drug-likeness (QED) is 0.128. The molecule has 0 heterocycles. The molecule has 14 heteroatoms. The Morgan fingerprint density at radius 2 is 1.76 bits per heavy atom. The summed E-state index contributed by atoms with van der Waals surface area (Å²) in [5.41, 5.74) is 2.12. The lowest BCUT2D eigenvalue weighted by atomic mass is 9.57. The Morgan fingerprint density at radius 1 is 1.14 bits per heavy atom. The smallest absolute Gasteiger partial charge is 0.255 e. The molecule has 2 amide bonds. The normalized spacial score (nSPS) is 25.5. The van der Waals surface area contributed by atoms with Crippen LogP contribution in [0.15, 0.2) is 23.0 Å². The van der Waals surface area contributed by atoms with E-state index in [1.807, 2.05) is 0 Å². The number of nitrogens with two attached hydrogens (primary N) is 1. The number of phenolic OH excluding ortho intramolecular Hbond substituents is 1. The van der Waals surface area contributed by atoms with Gasteiger partial charge in [0.1, 0.15) is 29.4 Å². The van der Waals surface area contributed by atoms with Gasteiger partial charge >= 0.3 is 0 Å². The maximum Gasteiger partial charge on any atom is 0.255 e. The molecule has 1 aromatic carbocycles. The number of Topliss-reactive ketones (excluding diaryl/α,β-unsaturated/α-hetero) is 2. The highest BCUT2D eigenvalue weighted by Gasteiger charge is 2.64. The van der Waals surface area contributed by atoms with Crippen molar-refractivity contribution in [3.8, 4) is 5.75 Å². The Hall–Kier alpha value is -3.98. The summed E-state index contributed by atoms with van der Waals surface area (Å²) < 4.78 is 0. The largest absolute Gasteiger partial charge is 0.508 e. The standard InChI is InChI=1S/C28H37N5O9/c1-11(2)33(42)10-17(34)30-15-9-16(31(3)4)13-7-12-8-14-21(32(5)6)24(37)20(27(29)40)26(39)28(14,41)25(38)18(12)23(36)19(13)22(15)35/h9,11-12,14,21,35-36,39,41-42H,7-8,10H2,1-6H3,(H2,29,40)(H,30,34)/t12?,14?,21-,28-/m0/s1. The predicted molar refractivity (Wildman–Crippen MR) is 151 cm³/mol. The number of nitrogens with zero attached hydrogens (tertiary/aromatic N) is 3. The van der Waals surface area contributed by atoms with Crippen LogP contribution < -0.4 is 16.0 Å². The number of nitrogens with one attached hydrogen (secondary N) is 1. The van der Waals surface area contributed by atoms with Gasteiger partial charge in [0.25, 0.3) is 5.91 Å². The number of anilines is 2. The van der Waals surface area contributed by atoms with Crippen LogP contribution in [0.25, 0.3) is 5.76 Å². The highest BCUT2D eigenvalue weighted by atomic mass is 16.5. The molecule has 3 aliphatic carbocycles. The van der Waals surface area contributed by atoms with E-state index in [4.69, 9.17) is 5.73 Å². The number of carbonyl (C=O) groups is 4. The number of fused-ring (bicyclic) bond motifs is 3. The Balaban J connectivity index is 1.90. The summed E-state index contributed by atoms with van der Waals surface area (Å²) in [7, 11) is 6.48. The van der Waals surface area contributed by atoms with Crippen molar-refractivity contribution >= 4 is 40.5 Å². The van der Waals surface area contributed by atoms with E-state index >= 15 is 0 Å². The third kappa shape index (κ3) is 4.60. The molecule has 3 aliphatic rings. The van der Waals surface area contributed by atoms with Gasteiger partial charge in [-0.25, -0.2) is 0 Å².